The first-order chi connectivity index (χ1) is 15.9. The van der Waals surface area contributed by atoms with Crippen molar-refractivity contribution in [1.82, 2.24) is 0 Å². The Kier molecular flexibility index (Phi) is 4.24. The molecule has 0 aromatic heterocycles. The van der Waals surface area contributed by atoms with Crippen molar-refractivity contribution in [3.05, 3.63) is 94.5 Å². The van der Waals surface area contributed by atoms with Crippen molar-refractivity contribution in [1.29, 1.82) is 0 Å². The van der Waals surface area contributed by atoms with Gasteiger partial charge in [-0.05, 0) is 47.4 Å². The summed E-state index contributed by atoms with van der Waals surface area (Å²) >= 11 is 3.99. The zero-order chi connectivity index (χ0) is 23.1. The minimum absolute atomic E-state index is 0.146. The molecule has 6 heteroatoms. The topological polar surface area (TPSA) is 63.7 Å². The molecule has 1 heterocycles. The second kappa shape index (κ2) is 6.87. The third-order valence-corrected chi connectivity index (χ3v) is 8.69. The second-order valence-electron chi connectivity index (χ2n) is 8.82. The van der Waals surface area contributed by atoms with E-state index >= 15 is 0 Å². The molecular weight excluding hydrogens is 482 g/mol. The summed E-state index contributed by atoms with van der Waals surface area (Å²) in [6, 6.07) is 21.0. The molecule has 3 aliphatic carbocycles. The molecular formula is C27H20BrNO4. The lowest BCUT2D eigenvalue weighted by Crippen LogP contribution is -2.50. The normalized spacial score (nSPS) is 26.6. The predicted octanol–water partition coefficient (Wildman–Crippen LogP) is 4.80. The van der Waals surface area contributed by atoms with E-state index in [4.69, 9.17) is 4.74 Å². The highest BCUT2D eigenvalue weighted by molar-refractivity contribution is 9.09. The van der Waals surface area contributed by atoms with Gasteiger partial charge in [-0.15, -0.1) is 0 Å². The van der Waals surface area contributed by atoms with Crippen LogP contribution in [0.1, 0.15) is 45.5 Å². The number of amides is 2. The Morgan fingerprint density at radius 3 is 2.12 bits per heavy atom. The Morgan fingerprint density at radius 2 is 1.55 bits per heavy atom. The van der Waals surface area contributed by atoms with E-state index in [0.29, 0.717) is 17.0 Å². The van der Waals surface area contributed by atoms with Crippen molar-refractivity contribution in [3.8, 4) is 5.75 Å². The van der Waals surface area contributed by atoms with Crippen molar-refractivity contribution in [2.75, 3.05) is 12.0 Å². The lowest BCUT2D eigenvalue weighted by Gasteiger charge is -2.51. The maximum absolute atomic E-state index is 14.0. The van der Waals surface area contributed by atoms with Gasteiger partial charge >= 0.3 is 0 Å². The van der Waals surface area contributed by atoms with Crippen LogP contribution in [0.15, 0.2) is 66.7 Å². The number of imide groups is 1. The zero-order valence-electron chi connectivity index (χ0n) is 18.0. The number of carbonyl (C=O) groups excluding carboxylic acids is 3. The first-order valence-electron chi connectivity index (χ1n) is 10.8. The number of nitrogens with zero attached hydrogens (tertiary/aromatic N) is 1. The number of rotatable bonds is 3. The van der Waals surface area contributed by atoms with Gasteiger partial charge in [0, 0.05) is 11.5 Å². The summed E-state index contributed by atoms with van der Waals surface area (Å²) < 4.78 is 4.68. The molecule has 0 N–H and O–H groups in total. The first-order valence-corrected chi connectivity index (χ1v) is 11.6. The summed E-state index contributed by atoms with van der Waals surface area (Å²) in [7, 11) is 1.49. The van der Waals surface area contributed by atoms with Gasteiger partial charge in [0.05, 0.1) is 29.0 Å². The molecule has 2 bridgehead atoms. The summed E-state index contributed by atoms with van der Waals surface area (Å²) in [5.41, 5.74) is 4.94. The van der Waals surface area contributed by atoms with E-state index in [1.54, 1.807) is 18.2 Å². The number of benzene rings is 3. The van der Waals surface area contributed by atoms with Gasteiger partial charge in [-0.1, -0.05) is 64.5 Å². The highest BCUT2D eigenvalue weighted by Gasteiger charge is 2.67. The molecule has 1 saturated heterocycles. The van der Waals surface area contributed by atoms with Gasteiger partial charge in [0.25, 0.3) is 0 Å². The second-order valence-corrected chi connectivity index (χ2v) is 10.1. The van der Waals surface area contributed by atoms with Crippen LogP contribution in [0.5, 0.6) is 5.75 Å². The highest BCUT2D eigenvalue weighted by atomic mass is 79.9. The third-order valence-electron chi connectivity index (χ3n) is 7.34. The minimum atomic E-state index is -0.813. The van der Waals surface area contributed by atoms with Gasteiger partial charge in [-0.3, -0.25) is 14.4 Å². The Bertz CT molecular complexity index is 1330. The number of halogens is 1. The van der Waals surface area contributed by atoms with E-state index in [0.717, 1.165) is 22.3 Å². The SMILES string of the molecule is COc1ccc(C(C)=O)cc1N1C(=O)[C@@H]2C3c4ccccc4C(Br)(c4ccccc43)[C@H]2C1=O. The van der Waals surface area contributed by atoms with Crippen LogP contribution in [-0.2, 0) is 13.9 Å². The van der Waals surface area contributed by atoms with Crippen LogP contribution < -0.4 is 9.64 Å². The van der Waals surface area contributed by atoms with Crippen molar-refractivity contribution < 1.29 is 19.1 Å². The Labute approximate surface area is 199 Å². The number of carbonyl (C=O) groups is 3. The molecule has 2 atom stereocenters. The van der Waals surface area contributed by atoms with Crippen molar-refractivity contribution in [3.63, 3.8) is 0 Å². The lowest BCUT2D eigenvalue weighted by molar-refractivity contribution is -0.122. The molecule has 0 saturated carbocycles. The van der Waals surface area contributed by atoms with Crippen LogP contribution in [0.2, 0.25) is 0 Å². The standard InChI is InChI=1S/C27H20BrNO4/c1-14(30)15-11-12-21(33-2)20(13-15)29-25(31)23-22-16-7-3-5-9-18(16)27(28,24(23)26(29)32)19-10-6-4-8-17(19)22/h3-13,22-24H,1-2H3/t22?,23-,24-,27?/m1/s1. The van der Waals surface area contributed by atoms with Crippen LogP contribution in [0.4, 0.5) is 5.69 Å². The van der Waals surface area contributed by atoms with E-state index in [1.165, 1.54) is 18.9 Å². The fourth-order valence-corrected chi connectivity index (χ4v) is 7.20. The molecule has 7 rings (SSSR count). The molecule has 5 nitrogen and oxygen atoms in total. The number of alkyl halides is 1. The predicted molar refractivity (Wildman–Crippen MR) is 127 cm³/mol. The highest BCUT2D eigenvalue weighted by Crippen LogP contribution is 2.66. The number of anilines is 1. The molecule has 1 fully saturated rings. The Balaban J connectivity index is 1.59. The minimum Gasteiger partial charge on any atom is -0.495 e. The van der Waals surface area contributed by atoms with E-state index in [9.17, 15) is 14.4 Å². The zero-order valence-corrected chi connectivity index (χ0v) is 19.6. The van der Waals surface area contributed by atoms with E-state index in [-0.39, 0.29) is 23.5 Å². The lowest BCUT2D eigenvalue weighted by atomic mass is 9.55. The van der Waals surface area contributed by atoms with Gasteiger partial charge < -0.3 is 4.74 Å². The molecule has 0 radical (unpaired) electrons. The molecule has 3 aromatic carbocycles. The maximum Gasteiger partial charge on any atom is 0.239 e. The number of ether oxygens (including phenoxy) is 1. The van der Waals surface area contributed by atoms with Crippen molar-refractivity contribution >= 4 is 39.2 Å². The van der Waals surface area contributed by atoms with Gasteiger partial charge in [0.1, 0.15) is 5.75 Å². The van der Waals surface area contributed by atoms with Gasteiger partial charge in [0.2, 0.25) is 11.8 Å². The molecule has 4 aliphatic rings. The molecule has 0 unspecified atom stereocenters. The van der Waals surface area contributed by atoms with E-state index in [1.807, 2.05) is 36.4 Å². The molecule has 33 heavy (non-hydrogen) atoms. The number of hydrogen-bond acceptors (Lipinski definition) is 4. The molecule has 164 valence electrons. The van der Waals surface area contributed by atoms with Gasteiger partial charge in [0.15, 0.2) is 5.78 Å². The van der Waals surface area contributed by atoms with Crippen LogP contribution in [0.25, 0.3) is 0 Å². The van der Waals surface area contributed by atoms with E-state index < -0.39 is 16.2 Å². The van der Waals surface area contributed by atoms with Crippen LogP contribution >= 0.6 is 15.9 Å². The number of methoxy groups -OCH3 is 1. The Hall–Kier alpha value is -3.25. The molecule has 2 amide bonds. The van der Waals surface area contributed by atoms with Gasteiger partial charge in [-0.2, -0.15) is 0 Å². The molecule has 3 aromatic rings. The smallest absolute Gasteiger partial charge is 0.239 e. The quantitative estimate of drug-likeness (QED) is 0.293. The van der Waals surface area contributed by atoms with Crippen LogP contribution in [0.3, 0.4) is 0 Å². The summed E-state index contributed by atoms with van der Waals surface area (Å²) in [5, 5.41) is 0. The van der Waals surface area contributed by atoms with Crippen molar-refractivity contribution in [2.24, 2.45) is 11.8 Å². The molecule has 1 aliphatic heterocycles. The average Bonchev–Trinajstić information content (AvgIpc) is 3.10. The summed E-state index contributed by atoms with van der Waals surface area (Å²) in [4.78, 5) is 41.3. The van der Waals surface area contributed by atoms with Crippen LogP contribution in [0, 0.1) is 11.8 Å². The van der Waals surface area contributed by atoms with Crippen molar-refractivity contribution in [2.45, 2.75) is 17.2 Å². The Morgan fingerprint density at radius 1 is 0.939 bits per heavy atom. The fourth-order valence-electron chi connectivity index (χ4n) is 6.00. The summed E-state index contributed by atoms with van der Waals surface area (Å²) in [5.74, 6) is -1.68. The fraction of sp³-hybridized carbons (Fsp3) is 0.222. The summed E-state index contributed by atoms with van der Waals surface area (Å²) in [6.07, 6.45) is 0. The summed E-state index contributed by atoms with van der Waals surface area (Å²) in [6.45, 7) is 1.46. The maximum atomic E-state index is 14.0. The third kappa shape index (κ3) is 2.44. The molecule has 0 spiro atoms. The number of hydrogen-bond donors (Lipinski definition) is 0. The van der Waals surface area contributed by atoms with Crippen LogP contribution in [-0.4, -0.2) is 24.7 Å². The monoisotopic (exact) mass is 501 g/mol. The average molecular weight is 502 g/mol. The van der Waals surface area contributed by atoms with E-state index in [2.05, 4.69) is 28.1 Å². The first kappa shape index (κ1) is 20.4. The number of Topliss-reactive ketones (excluding diaryl/α,β-unsaturated/α-hetero) is 1. The largest absolute Gasteiger partial charge is 0.495 e. The number of ketones is 1. The van der Waals surface area contributed by atoms with Gasteiger partial charge in [-0.25, -0.2) is 4.90 Å².